The Morgan fingerprint density at radius 2 is 1.77 bits per heavy atom. The molecule has 0 atom stereocenters. The lowest BCUT2D eigenvalue weighted by Gasteiger charge is -2.23. The summed E-state index contributed by atoms with van der Waals surface area (Å²) >= 11 is 12.2. The Balaban J connectivity index is 1.20. The molecule has 5 rings (SSSR count). The van der Waals surface area contributed by atoms with E-state index in [0.717, 1.165) is 18.8 Å². The van der Waals surface area contributed by atoms with Crippen molar-refractivity contribution in [3.05, 3.63) is 75.9 Å². The predicted molar refractivity (Wildman–Crippen MR) is 134 cm³/mol. The zero-order chi connectivity index (χ0) is 24.4. The van der Waals surface area contributed by atoms with Gasteiger partial charge in [-0.05, 0) is 55.0 Å². The molecule has 0 unspecified atom stereocenters. The zero-order valence-corrected chi connectivity index (χ0v) is 20.2. The molecule has 1 N–H and O–H groups in total. The summed E-state index contributed by atoms with van der Waals surface area (Å²) in [6, 6.07) is 13.6. The number of hydrogen-bond acceptors (Lipinski definition) is 6. The fourth-order valence-electron chi connectivity index (χ4n) is 4.07. The van der Waals surface area contributed by atoms with E-state index in [1.165, 1.54) is 0 Å². The van der Waals surface area contributed by atoms with Crippen LogP contribution in [0.4, 0.5) is 11.5 Å². The van der Waals surface area contributed by atoms with Gasteiger partial charge in [-0.1, -0.05) is 23.2 Å². The first-order valence-corrected chi connectivity index (χ1v) is 11.9. The second kappa shape index (κ2) is 10.0. The molecule has 10 heteroatoms. The lowest BCUT2D eigenvalue weighted by atomic mass is 10.2. The molecule has 1 fully saturated rings. The van der Waals surface area contributed by atoms with E-state index in [-0.39, 0.29) is 18.6 Å². The van der Waals surface area contributed by atoms with Gasteiger partial charge in [-0.15, -0.1) is 0 Å². The first-order chi connectivity index (χ1) is 17.0. The molecular weight excluding hydrogens is 491 g/mol. The summed E-state index contributed by atoms with van der Waals surface area (Å²) in [6.07, 6.45) is 2.42. The zero-order valence-electron chi connectivity index (χ0n) is 18.7. The van der Waals surface area contributed by atoms with Gasteiger partial charge >= 0.3 is 0 Å². The summed E-state index contributed by atoms with van der Waals surface area (Å²) < 4.78 is 10.6. The summed E-state index contributed by atoms with van der Waals surface area (Å²) in [6.45, 7) is 2.71. The van der Waals surface area contributed by atoms with Gasteiger partial charge in [0.05, 0.1) is 22.5 Å². The third-order valence-corrected chi connectivity index (χ3v) is 6.46. The minimum absolute atomic E-state index is 0.108. The molecule has 1 saturated heterocycles. The highest BCUT2D eigenvalue weighted by atomic mass is 35.5. The quantitative estimate of drug-likeness (QED) is 0.544. The Labute approximate surface area is 212 Å². The number of nitrogens with one attached hydrogen (secondary N) is 1. The third-order valence-electron chi connectivity index (χ3n) is 5.91. The molecule has 3 aromatic rings. The summed E-state index contributed by atoms with van der Waals surface area (Å²) in [5, 5.41) is 3.70. The van der Waals surface area contributed by atoms with Gasteiger partial charge in [0.2, 0.25) is 6.79 Å². The molecule has 35 heavy (non-hydrogen) atoms. The van der Waals surface area contributed by atoms with Gasteiger partial charge in [-0.25, -0.2) is 4.98 Å². The van der Waals surface area contributed by atoms with Crippen LogP contribution < -0.4 is 19.7 Å². The van der Waals surface area contributed by atoms with Gasteiger partial charge in [-0.3, -0.25) is 9.59 Å². The summed E-state index contributed by atoms with van der Waals surface area (Å²) in [5.41, 5.74) is 1.50. The number of carbonyl (C=O) groups is 2. The van der Waals surface area contributed by atoms with Crippen LogP contribution in [0.1, 0.15) is 27.1 Å². The number of rotatable bonds is 4. The number of anilines is 2. The van der Waals surface area contributed by atoms with Crippen LogP contribution in [0.15, 0.2) is 54.7 Å². The smallest absolute Gasteiger partial charge is 0.255 e. The van der Waals surface area contributed by atoms with Gasteiger partial charge in [0.1, 0.15) is 5.82 Å². The van der Waals surface area contributed by atoms with Crippen molar-refractivity contribution in [2.45, 2.75) is 6.42 Å². The van der Waals surface area contributed by atoms with Crippen molar-refractivity contribution in [2.24, 2.45) is 0 Å². The molecule has 0 radical (unpaired) electrons. The standard InChI is InChI=1S/C25H22Cl2N4O4/c26-17-3-5-19(20(27)13-17)25(33)31-9-1-8-30(10-11-31)23-7-4-18(14-28-23)29-24(32)16-2-6-21-22(12-16)35-15-34-21/h2-7,12-14H,1,8-11,15H2,(H,29,32). The van der Waals surface area contributed by atoms with Crippen molar-refractivity contribution in [1.82, 2.24) is 9.88 Å². The van der Waals surface area contributed by atoms with Crippen LogP contribution in [-0.2, 0) is 0 Å². The van der Waals surface area contributed by atoms with Gasteiger partial charge in [-0.2, -0.15) is 0 Å². The van der Waals surface area contributed by atoms with Crippen LogP contribution in [0.3, 0.4) is 0 Å². The van der Waals surface area contributed by atoms with E-state index in [9.17, 15) is 9.59 Å². The average molecular weight is 513 g/mol. The SMILES string of the molecule is O=C(Nc1ccc(N2CCCN(C(=O)c3ccc(Cl)cc3Cl)CC2)nc1)c1ccc2c(c1)OCO2. The summed E-state index contributed by atoms with van der Waals surface area (Å²) in [5.74, 6) is 1.59. The van der Waals surface area contributed by atoms with Crippen LogP contribution in [0.2, 0.25) is 10.0 Å². The number of carbonyl (C=O) groups excluding carboxylic acids is 2. The van der Waals surface area contributed by atoms with Gasteiger partial charge < -0.3 is 24.6 Å². The number of amides is 2. The molecule has 0 spiro atoms. The van der Waals surface area contributed by atoms with Gasteiger partial charge in [0.15, 0.2) is 11.5 Å². The van der Waals surface area contributed by atoms with Crippen LogP contribution in [0.5, 0.6) is 11.5 Å². The molecule has 3 heterocycles. The third kappa shape index (κ3) is 5.13. The fourth-order valence-corrected chi connectivity index (χ4v) is 4.56. The Morgan fingerprint density at radius 3 is 2.57 bits per heavy atom. The number of fused-ring (bicyclic) bond motifs is 1. The van der Waals surface area contributed by atoms with Crippen molar-refractivity contribution in [3.63, 3.8) is 0 Å². The highest BCUT2D eigenvalue weighted by Crippen LogP contribution is 2.32. The lowest BCUT2D eigenvalue weighted by Crippen LogP contribution is -2.35. The second-order valence-corrected chi connectivity index (χ2v) is 9.03. The van der Waals surface area contributed by atoms with Crippen molar-refractivity contribution in [3.8, 4) is 11.5 Å². The minimum Gasteiger partial charge on any atom is -0.454 e. The minimum atomic E-state index is -0.261. The normalized spacial score (nSPS) is 15.0. The Kier molecular flexibility index (Phi) is 6.66. The largest absolute Gasteiger partial charge is 0.454 e. The maximum Gasteiger partial charge on any atom is 0.255 e. The van der Waals surface area contributed by atoms with Gasteiger partial charge in [0.25, 0.3) is 11.8 Å². The molecule has 2 aromatic carbocycles. The van der Waals surface area contributed by atoms with E-state index in [1.54, 1.807) is 47.5 Å². The second-order valence-electron chi connectivity index (χ2n) is 8.18. The van der Waals surface area contributed by atoms with Crippen molar-refractivity contribution < 1.29 is 19.1 Å². The average Bonchev–Trinajstić information content (AvgIpc) is 3.19. The summed E-state index contributed by atoms with van der Waals surface area (Å²) in [4.78, 5) is 34.0. The number of hydrogen-bond donors (Lipinski definition) is 1. The van der Waals surface area contributed by atoms with E-state index in [2.05, 4.69) is 15.2 Å². The number of benzene rings is 2. The van der Waals surface area contributed by atoms with Gasteiger partial charge in [0, 0.05) is 36.8 Å². The first-order valence-electron chi connectivity index (χ1n) is 11.1. The number of aromatic nitrogens is 1. The molecule has 0 saturated carbocycles. The molecular formula is C25H22Cl2N4O4. The highest BCUT2D eigenvalue weighted by Gasteiger charge is 2.23. The van der Waals surface area contributed by atoms with Crippen molar-refractivity contribution in [1.29, 1.82) is 0 Å². The van der Waals surface area contributed by atoms with E-state index in [4.69, 9.17) is 32.7 Å². The Hall–Kier alpha value is -3.49. The van der Waals surface area contributed by atoms with E-state index in [1.807, 2.05) is 12.1 Å². The number of halogens is 2. The molecule has 2 aliphatic rings. The van der Waals surface area contributed by atoms with Crippen molar-refractivity contribution in [2.75, 3.05) is 43.2 Å². The fraction of sp³-hybridized carbons (Fsp3) is 0.240. The van der Waals surface area contributed by atoms with E-state index in [0.29, 0.717) is 58.0 Å². The molecule has 0 bridgehead atoms. The molecule has 1 aromatic heterocycles. The van der Waals surface area contributed by atoms with Crippen LogP contribution >= 0.6 is 23.2 Å². The number of nitrogens with zero attached hydrogens (tertiary/aromatic N) is 3. The number of pyridine rings is 1. The van der Waals surface area contributed by atoms with Crippen LogP contribution in [0, 0.1) is 0 Å². The predicted octanol–water partition coefficient (Wildman–Crippen LogP) is 4.72. The van der Waals surface area contributed by atoms with E-state index < -0.39 is 0 Å². The van der Waals surface area contributed by atoms with Crippen LogP contribution in [-0.4, -0.2) is 54.7 Å². The van der Waals surface area contributed by atoms with Crippen molar-refractivity contribution >= 4 is 46.5 Å². The maximum atomic E-state index is 13.0. The number of ether oxygens (including phenoxy) is 2. The molecule has 0 aliphatic carbocycles. The Morgan fingerprint density at radius 1 is 0.914 bits per heavy atom. The first kappa shape index (κ1) is 23.3. The van der Waals surface area contributed by atoms with E-state index >= 15 is 0 Å². The topological polar surface area (TPSA) is 84.0 Å². The lowest BCUT2D eigenvalue weighted by molar-refractivity contribution is 0.0767. The molecule has 8 nitrogen and oxygen atoms in total. The molecule has 2 aliphatic heterocycles. The Bertz CT molecular complexity index is 1270. The molecule has 2 amide bonds. The summed E-state index contributed by atoms with van der Waals surface area (Å²) in [7, 11) is 0. The highest BCUT2D eigenvalue weighted by molar-refractivity contribution is 6.36. The van der Waals surface area contributed by atoms with Crippen LogP contribution in [0.25, 0.3) is 0 Å². The monoisotopic (exact) mass is 512 g/mol. The molecule has 180 valence electrons. The maximum absolute atomic E-state index is 13.0.